The molecule has 4 aromatic rings. The van der Waals surface area contributed by atoms with Gasteiger partial charge in [-0.25, -0.2) is 9.97 Å². The fourth-order valence-corrected chi connectivity index (χ4v) is 2.75. The molecule has 1 N–H and O–H groups in total. The van der Waals surface area contributed by atoms with Gasteiger partial charge in [-0.05, 0) is 42.0 Å². The summed E-state index contributed by atoms with van der Waals surface area (Å²) in [6, 6.07) is 19.6. The number of halogens is 1. The van der Waals surface area contributed by atoms with E-state index in [4.69, 9.17) is 16.6 Å². The van der Waals surface area contributed by atoms with E-state index in [9.17, 15) is 0 Å². The van der Waals surface area contributed by atoms with Crippen LogP contribution in [0.25, 0.3) is 22.3 Å². The molecule has 0 radical (unpaired) electrons. The number of pyridine rings is 1. The summed E-state index contributed by atoms with van der Waals surface area (Å²) in [6.07, 6.45) is 3.51. The fraction of sp³-hybridized carbons (Fsp3) is 0.0500. The van der Waals surface area contributed by atoms with Crippen molar-refractivity contribution in [2.24, 2.45) is 0 Å². The average molecular weight is 347 g/mol. The monoisotopic (exact) mass is 346 g/mol. The minimum absolute atomic E-state index is 0.657. The Morgan fingerprint density at radius 2 is 1.72 bits per heavy atom. The summed E-state index contributed by atoms with van der Waals surface area (Å²) in [6.45, 7) is 0.657. The van der Waals surface area contributed by atoms with Crippen LogP contribution in [-0.2, 0) is 6.54 Å². The number of nitrogens with zero attached hydrogens (tertiary/aromatic N) is 3. The van der Waals surface area contributed by atoms with Crippen molar-refractivity contribution in [2.75, 3.05) is 5.32 Å². The third-order valence-corrected chi connectivity index (χ3v) is 4.15. The van der Waals surface area contributed by atoms with Gasteiger partial charge in [-0.15, -0.1) is 0 Å². The maximum absolute atomic E-state index is 5.95. The minimum atomic E-state index is 0.657. The van der Waals surface area contributed by atoms with E-state index >= 15 is 0 Å². The highest BCUT2D eigenvalue weighted by atomic mass is 35.5. The molecule has 2 aromatic carbocycles. The normalized spacial score (nSPS) is 10.8. The molecule has 0 bridgehead atoms. The molecule has 4 nitrogen and oxygen atoms in total. The smallest absolute Gasteiger partial charge is 0.163 e. The molecule has 0 unspecified atom stereocenters. The number of hydrogen-bond donors (Lipinski definition) is 1. The highest BCUT2D eigenvalue weighted by Gasteiger charge is 2.09. The van der Waals surface area contributed by atoms with E-state index in [0.29, 0.717) is 12.4 Å². The molecule has 4 rings (SSSR count). The minimum Gasteiger partial charge on any atom is -0.365 e. The van der Waals surface area contributed by atoms with Gasteiger partial charge in [0.1, 0.15) is 5.82 Å². The maximum atomic E-state index is 5.95. The summed E-state index contributed by atoms with van der Waals surface area (Å²) in [5, 5.41) is 5.14. The van der Waals surface area contributed by atoms with Crippen molar-refractivity contribution in [2.45, 2.75) is 6.54 Å². The van der Waals surface area contributed by atoms with Crippen molar-refractivity contribution in [1.29, 1.82) is 0 Å². The molecule has 0 aliphatic heterocycles. The number of fused-ring (bicyclic) bond motifs is 1. The van der Waals surface area contributed by atoms with Crippen LogP contribution in [0.3, 0.4) is 0 Å². The van der Waals surface area contributed by atoms with Crippen LogP contribution in [0.15, 0.2) is 73.1 Å². The molecule has 0 saturated carbocycles. The number of anilines is 1. The number of nitrogens with one attached hydrogen (secondary N) is 1. The lowest BCUT2D eigenvalue weighted by atomic mass is 10.2. The third kappa shape index (κ3) is 3.44. The number of aromatic nitrogens is 3. The molecule has 122 valence electrons. The Balaban J connectivity index is 1.72. The van der Waals surface area contributed by atoms with Crippen molar-refractivity contribution >= 4 is 28.3 Å². The van der Waals surface area contributed by atoms with Gasteiger partial charge in [0.2, 0.25) is 0 Å². The number of rotatable bonds is 4. The van der Waals surface area contributed by atoms with Gasteiger partial charge < -0.3 is 5.32 Å². The first kappa shape index (κ1) is 15.5. The molecule has 5 heteroatoms. The van der Waals surface area contributed by atoms with Crippen LogP contribution in [0.4, 0.5) is 5.82 Å². The topological polar surface area (TPSA) is 50.7 Å². The van der Waals surface area contributed by atoms with Crippen LogP contribution in [-0.4, -0.2) is 15.0 Å². The lowest BCUT2D eigenvalue weighted by Crippen LogP contribution is -2.04. The first-order chi connectivity index (χ1) is 12.3. The second kappa shape index (κ2) is 6.87. The SMILES string of the molecule is Clc1ccc(CNc2nc(-c3cccnc3)nc3ccccc23)cc1. The van der Waals surface area contributed by atoms with Crippen molar-refractivity contribution in [3.05, 3.63) is 83.6 Å². The van der Waals surface area contributed by atoms with Crippen LogP contribution < -0.4 is 5.32 Å². The highest BCUT2D eigenvalue weighted by Crippen LogP contribution is 2.25. The predicted molar refractivity (Wildman–Crippen MR) is 102 cm³/mol. The number of benzene rings is 2. The predicted octanol–water partition coefficient (Wildman–Crippen LogP) is 4.96. The molecule has 0 spiro atoms. The Bertz CT molecular complexity index is 1000. The fourth-order valence-electron chi connectivity index (χ4n) is 2.62. The van der Waals surface area contributed by atoms with Gasteiger partial charge in [0.15, 0.2) is 5.82 Å². The Morgan fingerprint density at radius 3 is 2.52 bits per heavy atom. The van der Waals surface area contributed by atoms with Crippen LogP contribution >= 0.6 is 11.6 Å². The summed E-state index contributed by atoms with van der Waals surface area (Å²) >= 11 is 5.95. The Hall–Kier alpha value is -2.98. The molecular formula is C20H15ClN4. The van der Waals surface area contributed by atoms with Gasteiger partial charge in [-0.1, -0.05) is 35.9 Å². The van der Waals surface area contributed by atoms with Gasteiger partial charge in [0.05, 0.1) is 5.52 Å². The molecule has 0 amide bonds. The lowest BCUT2D eigenvalue weighted by Gasteiger charge is -2.11. The van der Waals surface area contributed by atoms with Crippen molar-refractivity contribution in [3.8, 4) is 11.4 Å². The van der Waals surface area contributed by atoms with Gasteiger partial charge in [-0.2, -0.15) is 0 Å². The number of para-hydroxylation sites is 1. The average Bonchev–Trinajstić information content (AvgIpc) is 2.68. The zero-order chi connectivity index (χ0) is 17.1. The maximum Gasteiger partial charge on any atom is 0.163 e. The van der Waals surface area contributed by atoms with Crippen molar-refractivity contribution < 1.29 is 0 Å². The van der Waals surface area contributed by atoms with Gasteiger partial charge >= 0.3 is 0 Å². The van der Waals surface area contributed by atoms with Crippen LogP contribution in [0.2, 0.25) is 5.02 Å². The first-order valence-electron chi connectivity index (χ1n) is 7.95. The van der Waals surface area contributed by atoms with Crippen LogP contribution in [0.1, 0.15) is 5.56 Å². The number of hydrogen-bond acceptors (Lipinski definition) is 4. The molecule has 2 aromatic heterocycles. The Kier molecular flexibility index (Phi) is 4.27. The molecule has 0 atom stereocenters. The molecule has 25 heavy (non-hydrogen) atoms. The van der Waals surface area contributed by atoms with Gasteiger partial charge in [0, 0.05) is 34.9 Å². The quantitative estimate of drug-likeness (QED) is 0.567. The van der Waals surface area contributed by atoms with E-state index < -0.39 is 0 Å². The van der Waals surface area contributed by atoms with E-state index in [-0.39, 0.29) is 0 Å². The summed E-state index contributed by atoms with van der Waals surface area (Å²) in [7, 11) is 0. The molecular weight excluding hydrogens is 332 g/mol. The lowest BCUT2D eigenvalue weighted by molar-refractivity contribution is 1.10. The van der Waals surface area contributed by atoms with Gasteiger partial charge in [-0.3, -0.25) is 4.98 Å². The molecule has 0 aliphatic rings. The Morgan fingerprint density at radius 1 is 0.880 bits per heavy atom. The molecule has 0 fully saturated rings. The first-order valence-corrected chi connectivity index (χ1v) is 8.33. The van der Waals surface area contributed by atoms with E-state index in [2.05, 4.69) is 15.3 Å². The molecule has 2 heterocycles. The van der Waals surface area contributed by atoms with Crippen LogP contribution in [0.5, 0.6) is 0 Å². The van der Waals surface area contributed by atoms with E-state index in [0.717, 1.165) is 32.9 Å². The second-order valence-electron chi connectivity index (χ2n) is 5.63. The molecule has 0 aliphatic carbocycles. The third-order valence-electron chi connectivity index (χ3n) is 3.90. The van der Waals surface area contributed by atoms with Crippen molar-refractivity contribution in [1.82, 2.24) is 15.0 Å². The summed E-state index contributed by atoms with van der Waals surface area (Å²) in [4.78, 5) is 13.5. The summed E-state index contributed by atoms with van der Waals surface area (Å²) < 4.78 is 0. The summed E-state index contributed by atoms with van der Waals surface area (Å²) in [5.41, 5.74) is 2.92. The Labute approximate surface area is 150 Å². The highest BCUT2D eigenvalue weighted by molar-refractivity contribution is 6.30. The zero-order valence-corrected chi connectivity index (χ0v) is 14.1. The van der Waals surface area contributed by atoms with Crippen molar-refractivity contribution in [3.63, 3.8) is 0 Å². The largest absolute Gasteiger partial charge is 0.365 e. The summed E-state index contributed by atoms with van der Waals surface area (Å²) in [5.74, 6) is 1.46. The zero-order valence-electron chi connectivity index (χ0n) is 13.4. The molecule has 0 saturated heterocycles. The second-order valence-corrected chi connectivity index (χ2v) is 6.07. The van der Waals surface area contributed by atoms with E-state index in [1.165, 1.54) is 0 Å². The van der Waals surface area contributed by atoms with E-state index in [1.54, 1.807) is 12.4 Å². The van der Waals surface area contributed by atoms with Crippen LogP contribution in [0, 0.1) is 0 Å². The standard InChI is InChI=1S/C20H15ClN4/c21-16-9-7-14(8-10-16)12-23-20-17-5-1-2-6-18(17)24-19(25-20)15-4-3-11-22-13-15/h1-11,13H,12H2,(H,23,24,25). The van der Waals surface area contributed by atoms with Gasteiger partial charge in [0.25, 0.3) is 0 Å². The van der Waals surface area contributed by atoms with E-state index in [1.807, 2.05) is 60.7 Å².